The Bertz CT molecular complexity index is 623. The molecule has 0 fully saturated rings. The van der Waals surface area contributed by atoms with Crippen molar-refractivity contribution < 1.29 is 13.9 Å². The molecule has 0 aliphatic carbocycles. The number of fused-ring (bicyclic) bond motifs is 1. The van der Waals surface area contributed by atoms with Gasteiger partial charge in [-0.3, -0.25) is 4.79 Å². The van der Waals surface area contributed by atoms with Crippen LogP contribution in [0.2, 0.25) is 0 Å². The minimum Gasteiger partial charge on any atom is -0.392 e. The standard InChI is InChI=1S/C11H10F2N2O2/c1-5-11(17)15-9-7(14-5)3-2-6(4-16)8(9)10(12)13/h2-3,10,16H,4H2,1H3,(H,15,17). The number of H-pyrrole nitrogens is 1. The number of rotatable bonds is 2. The Hall–Kier alpha value is -1.82. The predicted octanol–water partition coefficient (Wildman–Crippen LogP) is 1.66. The van der Waals surface area contributed by atoms with Crippen LogP contribution in [-0.2, 0) is 6.61 Å². The number of aromatic nitrogens is 2. The SMILES string of the molecule is Cc1nc2ccc(CO)c(C(F)F)c2[nH]c1=O. The van der Waals surface area contributed by atoms with Crippen molar-refractivity contribution in [3.05, 3.63) is 39.3 Å². The van der Waals surface area contributed by atoms with E-state index < -0.39 is 18.6 Å². The molecule has 0 atom stereocenters. The molecule has 1 heterocycles. The van der Waals surface area contributed by atoms with Gasteiger partial charge in [-0.15, -0.1) is 0 Å². The van der Waals surface area contributed by atoms with Crippen molar-refractivity contribution in [2.75, 3.05) is 0 Å². The van der Waals surface area contributed by atoms with Crippen molar-refractivity contribution in [1.29, 1.82) is 0 Å². The van der Waals surface area contributed by atoms with Crippen molar-refractivity contribution in [2.45, 2.75) is 20.0 Å². The summed E-state index contributed by atoms with van der Waals surface area (Å²) in [5, 5.41) is 9.00. The fraction of sp³-hybridized carbons (Fsp3) is 0.273. The van der Waals surface area contributed by atoms with Gasteiger partial charge >= 0.3 is 0 Å². The number of benzene rings is 1. The van der Waals surface area contributed by atoms with Gasteiger partial charge in [-0.25, -0.2) is 13.8 Å². The van der Waals surface area contributed by atoms with Gasteiger partial charge in [0.25, 0.3) is 12.0 Å². The van der Waals surface area contributed by atoms with Crippen molar-refractivity contribution in [2.24, 2.45) is 0 Å². The van der Waals surface area contributed by atoms with E-state index in [2.05, 4.69) is 9.97 Å². The van der Waals surface area contributed by atoms with Gasteiger partial charge in [0.2, 0.25) is 0 Å². The molecule has 0 unspecified atom stereocenters. The van der Waals surface area contributed by atoms with E-state index in [-0.39, 0.29) is 27.9 Å². The second-order valence-corrected chi connectivity index (χ2v) is 3.64. The van der Waals surface area contributed by atoms with E-state index in [9.17, 15) is 13.6 Å². The number of aliphatic hydroxyl groups excluding tert-OH is 1. The minimum absolute atomic E-state index is 0.0119. The zero-order valence-electron chi connectivity index (χ0n) is 9.00. The lowest BCUT2D eigenvalue weighted by Crippen LogP contribution is -2.13. The molecule has 0 spiro atoms. The molecule has 2 aromatic rings. The Kier molecular flexibility index (Phi) is 2.89. The molecular weight excluding hydrogens is 230 g/mol. The summed E-state index contributed by atoms with van der Waals surface area (Å²) in [6.07, 6.45) is -2.78. The Labute approximate surface area is 94.9 Å². The highest BCUT2D eigenvalue weighted by Gasteiger charge is 2.18. The van der Waals surface area contributed by atoms with Crippen LogP contribution in [0, 0.1) is 6.92 Å². The largest absolute Gasteiger partial charge is 0.392 e. The molecule has 1 aromatic carbocycles. The molecule has 17 heavy (non-hydrogen) atoms. The number of hydrogen-bond donors (Lipinski definition) is 2. The summed E-state index contributed by atoms with van der Waals surface area (Å²) >= 11 is 0. The van der Waals surface area contributed by atoms with Gasteiger partial charge in [0.05, 0.1) is 17.6 Å². The van der Waals surface area contributed by atoms with E-state index in [4.69, 9.17) is 5.11 Å². The van der Waals surface area contributed by atoms with E-state index in [1.807, 2.05) is 0 Å². The number of nitrogens with one attached hydrogen (secondary N) is 1. The van der Waals surface area contributed by atoms with E-state index in [0.29, 0.717) is 0 Å². The fourth-order valence-corrected chi connectivity index (χ4v) is 1.70. The summed E-state index contributed by atoms with van der Waals surface area (Å²) < 4.78 is 25.8. The van der Waals surface area contributed by atoms with E-state index in [1.165, 1.54) is 19.1 Å². The van der Waals surface area contributed by atoms with Crippen LogP contribution in [0.4, 0.5) is 8.78 Å². The molecule has 0 aliphatic heterocycles. The first kappa shape index (κ1) is 11.7. The maximum absolute atomic E-state index is 12.9. The molecule has 0 aliphatic rings. The number of aromatic amines is 1. The molecule has 2 N–H and O–H groups in total. The number of hydrogen-bond acceptors (Lipinski definition) is 3. The Morgan fingerprint density at radius 2 is 2.18 bits per heavy atom. The molecule has 1 aromatic heterocycles. The summed E-state index contributed by atoms with van der Waals surface area (Å²) in [7, 11) is 0. The monoisotopic (exact) mass is 240 g/mol. The molecule has 0 amide bonds. The summed E-state index contributed by atoms with van der Waals surface area (Å²) in [4.78, 5) is 17.7. The van der Waals surface area contributed by atoms with Crippen LogP contribution in [0.25, 0.3) is 11.0 Å². The average molecular weight is 240 g/mol. The summed E-state index contributed by atoms with van der Waals surface area (Å²) in [5.41, 5.74) is -0.288. The van der Waals surface area contributed by atoms with Crippen LogP contribution < -0.4 is 5.56 Å². The first-order valence-corrected chi connectivity index (χ1v) is 4.96. The first-order valence-electron chi connectivity index (χ1n) is 4.96. The van der Waals surface area contributed by atoms with Crippen molar-refractivity contribution in [3.63, 3.8) is 0 Å². The van der Waals surface area contributed by atoms with Crippen LogP contribution in [0.5, 0.6) is 0 Å². The van der Waals surface area contributed by atoms with Crippen molar-refractivity contribution in [1.82, 2.24) is 9.97 Å². The third-order valence-electron chi connectivity index (χ3n) is 2.56. The molecule has 0 saturated heterocycles. The highest BCUT2D eigenvalue weighted by molar-refractivity contribution is 5.79. The normalized spacial score (nSPS) is 11.4. The van der Waals surface area contributed by atoms with Gasteiger partial charge in [0.15, 0.2) is 0 Å². The predicted molar refractivity (Wildman–Crippen MR) is 58.0 cm³/mol. The molecule has 0 bridgehead atoms. The zero-order chi connectivity index (χ0) is 12.6. The van der Waals surface area contributed by atoms with Crippen LogP contribution in [0.3, 0.4) is 0 Å². The van der Waals surface area contributed by atoms with Gasteiger partial charge in [-0.1, -0.05) is 6.07 Å². The van der Waals surface area contributed by atoms with Crippen LogP contribution in [0.15, 0.2) is 16.9 Å². The van der Waals surface area contributed by atoms with Gasteiger partial charge in [-0.05, 0) is 18.6 Å². The molecular formula is C11H10F2N2O2. The first-order chi connectivity index (χ1) is 8.04. The average Bonchev–Trinajstić information content (AvgIpc) is 2.29. The fourth-order valence-electron chi connectivity index (χ4n) is 1.70. The van der Waals surface area contributed by atoms with Gasteiger partial charge in [0, 0.05) is 5.56 Å². The molecule has 90 valence electrons. The van der Waals surface area contributed by atoms with Gasteiger partial charge < -0.3 is 10.1 Å². The maximum Gasteiger partial charge on any atom is 0.269 e. The lowest BCUT2D eigenvalue weighted by molar-refractivity contribution is 0.148. The van der Waals surface area contributed by atoms with E-state index >= 15 is 0 Å². The Morgan fingerprint density at radius 3 is 2.76 bits per heavy atom. The number of aryl methyl sites for hydroxylation is 1. The minimum atomic E-state index is -2.78. The van der Waals surface area contributed by atoms with E-state index in [1.54, 1.807) is 0 Å². The van der Waals surface area contributed by atoms with Crippen LogP contribution >= 0.6 is 0 Å². The number of aliphatic hydroxyl groups is 1. The third kappa shape index (κ3) is 1.91. The topological polar surface area (TPSA) is 66.0 Å². The molecule has 4 nitrogen and oxygen atoms in total. The van der Waals surface area contributed by atoms with Crippen molar-refractivity contribution in [3.8, 4) is 0 Å². The van der Waals surface area contributed by atoms with Crippen molar-refractivity contribution >= 4 is 11.0 Å². The Morgan fingerprint density at radius 1 is 1.47 bits per heavy atom. The molecule has 0 radical (unpaired) electrons. The van der Waals surface area contributed by atoms with E-state index in [0.717, 1.165) is 0 Å². The van der Waals surface area contributed by atoms with Gasteiger partial charge in [0.1, 0.15) is 5.69 Å². The molecule has 6 heteroatoms. The molecule has 0 saturated carbocycles. The summed E-state index contributed by atoms with van der Waals surface area (Å²) in [6.45, 7) is 0.992. The lowest BCUT2D eigenvalue weighted by atomic mass is 10.1. The number of nitrogens with zero attached hydrogens (tertiary/aromatic N) is 1. The smallest absolute Gasteiger partial charge is 0.269 e. The quantitative estimate of drug-likeness (QED) is 0.839. The second-order valence-electron chi connectivity index (χ2n) is 3.64. The third-order valence-corrected chi connectivity index (χ3v) is 2.56. The second kappa shape index (κ2) is 4.21. The maximum atomic E-state index is 12.9. The lowest BCUT2D eigenvalue weighted by Gasteiger charge is -2.10. The van der Waals surface area contributed by atoms with Gasteiger partial charge in [-0.2, -0.15) is 0 Å². The number of alkyl halides is 2. The summed E-state index contributed by atoms with van der Waals surface area (Å²) in [5.74, 6) is 0. The summed E-state index contributed by atoms with van der Waals surface area (Å²) in [6, 6.07) is 2.88. The Balaban J connectivity index is 2.89. The van der Waals surface area contributed by atoms with Crippen LogP contribution in [0.1, 0.15) is 23.2 Å². The number of halogens is 2. The molecule has 2 rings (SSSR count). The highest BCUT2D eigenvalue weighted by Crippen LogP contribution is 2.28. The zero-order valence-corrected chi connectivity index (χ0v) is 9.00. The highest BCUT2D eigenvalue weighted by atomic mass is 19.3. The van der Waals surface area contributed by atoms with Crippen LogP contribution in [-0.4, -0.2) is 15.1 Å².